The predicted octanol–water partition coefficient (Wildman–Crippen LogP) is 3.08. The lowest BCUT2D eigenvalue weighted by atomic mass is 9.79. The van der Waals surface area contributed by atoms with Gasteiger partial charge in [-0.2, -0.15) is 0 Å². The molecule has 19 heavy (non-hydrogen) atoms. The lowest BCUT2D eigenvalue weighted by molar-refractivity contribution is -0.143. The third-order valence-corrected chi connectivity index (χ3v) is 4.91. The molecular weight excluding hydrogens is 236 g/mol. The normalized spacial score (nSPS) is 22.8. The quantitative estimate of drug-likeness (QED) is 0.751. The molecule has 0 heterocycles. The standard InChI is InChI=1S/C16H30N2O/c1-2-3-12-18(14-8-9-14)15(19)16(13-17)10-6-4-5-7-11-16/h14H,2-13,17H2,1H3. The Morgan fingerprint density at radius 1 is 1.21 bits per heavy atom. The fourth-order valence-electron chi connectivity index (χ4n) is 3.38. The highest BCUT2D eigenvalue weighted by atomic mass is 16.2. The summed E-state index contributed by atoms with van der Waals surface area (Å²) >= 11 is 0. The first-order chi connectivity index (χ1) is 9.23. The van der Waals surface area contributed by atoms with Gasteiger partial charge in [-0.1, -0.05) is 39.0 Å². The van der Waals surface area contributed by atoms with Crippen molar-refractivity contribution in [1.82, 2.24) is 4.90 Å². The summed E-state index contributed by atoms with van der Waals surface area (Å²) < 4.78 is 0. The lowest BCUT2D eigenvalue weighted by Crippen LogP contribution is -2.49. The first-order valence-corrected chi connectivity index (χ1v) is 8.24. The minimum atomic E-state index is -0.229. The Bertz CT molecular complexity index is 291. The van der Waals surface area contributed by atoms with Gasteiger partial charge in [0, 0.05) is 19.1 Å². The second-order valence-corrected chi connectivity index (χ2v) is 6.48. The summed E-state index contributed by atoms with van der Waals surface area (Å²) in [6.07, 6.45) is 11.6. The van der Waals surface area contributed by atoms with Crippen molar-refractivity contribution >= 4 is 5.91 Å². The van der Waals surface area contributed by atoms with Gasteiger partial charge in [-0.25, -0.2) is 0 Å². The second kappa shape index (κ2) is 6.74. The molecule has 0 atom stereocenters. The lowest BCUT2D eigenvalue weighted by Gasteiger charge is -2.36. The average molecular weight is 266 g/mol. The van der Waals surface area contributed by atoms with E-state index in [0.29, 0.717) is 18.5 Å². The number of nitrogens with zero attached hydrogens (tertiary/aromatic N) is 1. The third kappa shape index (κ3) is 3.50. The molecule has 2 fully saturated rings. The number of unbranched alkanes of at least 4 members (excludes halogenated alkanes) is 1. The van der Waals surface area contributed by atoms with Gasteiger partial charge in [0.25, 0.3) is 0 Å². The van der Waals surface area contributed by atoms with Gasteiger partial charge in [0.15, 0.2) is 0 Å². The molecule has 110 valence electrons. The molecule has 3 nitrogen and oxygen atoms in total. The van der Waals surface area contributed by atoms with E-state index in [1.165, 1.54) is 38.5 Å². The number of hydrogen-bond acceptors (Lipinski definition) is 2. The van der Waals surface area contributed by atoms with Crippen molar-refractivity contribution in [2.45, 2.75) is 77.2 Å². The van der Waals surface area contributed by atoms with Crippen molar-refractivity contribution in [3.63, 3.8) is 0 Å². The molecular formula is C16H30N2O. The van der Waals surface area contributed by atoms with Crippen LogP contribution in [0, 0.1) is 5.41 Å². The van der Waals surface area contributed by atoms with Crippen LogP contribution < -0.4 is 5.73 Å². The van der Waals surface area contributed by atoms with Gasteiger partial charge >= 0.3 is 0 Å². The van der Waals surface area contributed by atoms with E-state index in [2.05, 4.69) is 11.8 Å². The van der Waals surface area contributed by atoms with E-state index >= 15 is 0 Å². The molecule has 0 aromatic carbocycles. The zero-order valence-corrected chi connectivity index (χ0v) is 12.5. The van der Waals surface area contributed by atoms with Gasteiger partial charge in [0.1, 0.15) is 0 Å². The van der Waals surface area contributed by atoms with Crippen LogP contribution in [-0.4, -0.2) is 29.9 Å². The van der Waals surface area contributed by atoms with Crippen LogP contribution in [0.5, 0.6) is 0 Å². The van der Waals surface area contributed by atoms with E-state index in [4.69, 9.17) is 5.73 Å². The number of carbonyl (C=O) groups excluding carboxylic acids is 1. The van der Waals surface area contributed by atoms with Crippen molar-refractivity contribution in [1.29, 1.82) is 0 Å². The Kier molecular flexibility index (Phi) is 5.26. The third-order valence-electron chi connectivity index (χ3n) is 4.91. The van der Waals surface area contributed by atoms with Crippen molar-refractivity contribution < 1.29 is 4.79 Å². The zero-order valence-electron chi connectivity index (χ0n) is 12.5. The Hall–Kier alpha value is -0.570. The molecule has 2 aliphatic carbocycles. The minimum absolute atomic E-state index is 0.229. The molecule has 2 aliphatic rings. The molecule has 0 unspecified atom stereocenters. The maximum absolute atomic E-state index is 13.0. The SMILES string of the molecule is CCCCN(C(=O)C1(CN)CCCCCC1)C1CC1. The predicted molar refractivity (Wildman–Crippen MR) is 78.8 cm³/mol. The number of amides is 1. The number of rotatable bonds is 6. The van der Waals surface area contributed by atoms with E-state index in [1.54, 1.807) is 0 Å². The molecule has 2 rings (SSSR count). The maximum atomic E-state index is 13.0. The van der Waals surface area contributed by atoms with Crippen LogP contribution in [0.3, 0.4) is 0 Å². The van der Waals surface area contributed by atoms with Crippen molar-refractivity contribution in [3.8, 4) is 0 Å². The summed E-state index contributed by atoms with van der Waals surface area (Å²) in [4.78, 5) is 15.2. The molecule has 0 saturated heterocycles. The maximum Gasteiger partial charge on any atom is 0.230 e. The largest absolute Gasteiger partial charge is 0.339 e. The van der Waals surface area contributed by atoms with E-state index in [-0.39, 0.29) is 5.41 Å². The molecule has 1 amide bonds. The van der Waals surface area contributed by atoms with Gasteiger partial charge in [-0.15, -0.1) is 0 Å². The molecule has 0 bridgehead atoms. The molecule has 3 heteroatoms. The smallest absolute Gasteiger partial charge is 0.230 e. The highest BCUT2D eigenvalue weighted by Crippen LogP contribution is 2.39. The van der Waals surface area contributed by atoms with E-state index in [9.17, 15) is 4.79 Å². The van der Waals surface area contributed by atoms with Crippen LogP contribution in [0.2, 0.25) is 0 Å². The van der Waals surface area contributed by atoms with Gasteiger partial charge in [0.2, 0.25) is 5.91 Å². The Balaban J connectivity index is 2.07. The van der Waals surface area contributed by atoms with Crippen molar-refractivity contribution in [2.75, 3.05) is 13.1 Å². The number of hydrogen-bond donors (Lipinski definition) is 1. The van der Waals surface area contributed by atoms with Gasteiger partial charge in [-0.3, -0.25) is 4.79 Å². The van der Waals surface area contributed by atoms with E-state index in [0.717, 1.165) is 32.2 Å². The fraction of sp³-hybridized carbons (Fsp3) is 0.938. The van der Waals surface area contributed by atoms with Gasteiger partial charge in [-0.05, 0) is 32.1 Å². The van der Waals surface area contributed by atoms with Crippen molar-refractivity contribution in [3.05, 3.63) is 0 Å². The van der Waals surface area contributed by atoms with E-state index in [1.807, 2.05) is 0 Å². The summed E-state index contributed by atoms with van der Waals surface area (Å²) in [6.45, 7) is 3.68. The second-order valence-electron chi connectivity index (χ2n) is 6.48. The van der Waals surface area contributed by atoms with Gasteiger partial charge in [0.05, 0.1) is 5.41 Å². The summed E-state index contributed by atoms with van der Waals surface area (Å²) in [5.41, 5.74) is 5.82. The van der Waals surface area contributed by atoms with Gasteiger partial charge < -0.3 is 10.6 Å². The summed E-state index contributed by atoms with van der Waals surface area (Å²) in [6, 6.07) is 0.533. The minimum Gasteiger partial charge on any atom is -0.339 e. The van der Waals surface area contributed by atoms with Crippen LogP contribution >= 0.6 is 0 Å². The highest BCUT2D eigenvalue weighted by molar-refractivity contribution is 5.83. The summed E-state index contributed by atoms with van der Waals surface area (Å²) in [7, 11) is 0. The molecule has 0 aliphatic heterocycles. The summed E-state index contributed by atoms with van der Waals surface area (Å²) in [5.74, 6) is 0.382. The molecule has 0 aromatic heterocycles. The average Bonchev–Trinajstić information content (AvgIpc) is 3.26. The molecule has 0 radical (unpaired) electrons. The molecule has 0 spiro atoms. The Morgan fingerprint density at radius 2 is 1.84 bits per heavy atom. The molecule has 2 saturated carbocycles. The molecule has 0 aromatic rings. The zero-order chi connectivity index (χ0) is 13.7. The summed E-state index contributed by atoms with van der Waals surface area (Å²) in [5, 5.41) is 0. The molecule has 2 N–H and O–H groups in total. The van der Waals surface area contributed by atoms with Crippen LogP contribution in [0.4, 0.5) is 0 Å². The first kappa shape index (κ1) is 14.8. The monoisotopic (exact) mass is 266 g/mol. The number of carbonyl (C=O) groups is 1. The Labute approximate surface area is 117 Å². The fourth-order valence-corrected chi connectivity index (χ4v) is 3.38. The Morgan fingerprint density at radius 3 is 2.32 bits per heavy atom. The van der Waals surface area contributed by atoms with E-state index < -0.39 is 0 Å². The topological polar surface area (TPSA) is 46.3 Å². The van der Waals surface area contributed by atoms with Crippen LogP contribution in [-0.2, 0) is 4.79 Å². The van der Waals surface area contributed by atoms with Crippen molar-refractivity contribution in [2.24, 2.45) is 11.1 Å². The highest BCUT2D eigenvalue weighted by Gasteiger charge is 2.43. The van der Waals surface area contributed by atoms with Crippen LogP contribution in [0.25, 0.3) is 0 Å². The first-order valence-electron chi connectivity index (χ1n) is 8.24. The number of nitrogens with two attached hydrogens (primary N) is 1. The van der Waals surface area contributed by atoms with Crippen LogP contribution in [0.1, 0.15) is 71.1 Å². The van der Waals surface area contributed by atoms with Crippen LogP contribution in [0.15, 0.2) is 0 Å².